The maximum Gasteiger partial charge on any atom is 0.269 e. The summed E-state index contributed by atoms with van der Waals surface area (Å²) in [6.07, 6.45) is 0. The van der Waals surface area contributed by atoms with Crippen LogP contribution in [0.2, 0.25) is 0 Å². The molecule has 0 saturated carbocycles. The molecule has 10 heteroatoms. The van der Waals surface area contributed by atoms with Crippen molar-refractivity contribution in [3.8, 4) is 5.75 Å². The van der Waals surface area contributed by atoms with Crippen LogP contribution in [0, 0.1) is 24.0 Å². The highest BCUT2D eigenvalue weighted by Crippen LogP contribution is 2.22. The molecule has 3 rings (SSSR count). The zero-order valence-electron chi connectivity index (χ0n) is 17.5. The van der Waals surface area contributed by atoms with Crippen molar-refractivity contribution in [3.63, 3.8) is 0 Å². The fourth-order valence-corrected chi connectivity index (χ4v) is 3.67. The Morgan fingerprint density at radius 1 is 1.19 bits per heavy atom. The molecule has 0 radical (unpaired) electrons. The number of carbonyl (C=O) groups excluding carboxylic acids is 1. The molecule has 0 atom stereocenters. The molecule has 0 bridgehead atoms. The predicted molar refractivity (Wildman–Crippen MR) is 118 cm³/mol. The fourth-order valence-electron chi connectivity index (χ4n) is 2.85. The van der Waals surface area contributed by atoms with E-state index in [0.29, 0.717) is 23.2 Å². The van der Waals surface area contributed by atoms with Crippen LogP contribution in [-0.4, -0.2) is 31.3 Å². The van der Waals surface area contributed by atoms with Crippen molar-refractivity contribution in [3.05, 3.63) is 69.5 Å². The summed E-state index contributed by atoms with van der Waals surface area (Å²) >= 11 is 1.27. The van der Waals surface area contributed by atoms with Crippen LogP contribution in [0.15, 0.2) is 47.6 Å². The van der Waals surface area contributed by atoms with Gasteiger partial charge in [-0.25, -0.2) is 0 Å². The monoisotopic (exact) mass is 441 g/mol. The molecule has 162 valence electrons. The Labute approximate surface area is 184 Å². The van der Waals surface area contributed by atoms with Gasteiger partial charge in [0.15, 0.2) is 11.0 Å². The molecule has 2 aromatic carbocycles. The molecule has 0 saturated heterocycles. The Morgan fingerprint density at radius 2 is 1.94 bits per heavy atom. The maximum absolute atomic E-state index is 12.2. The van der Waals surface area contributed by atoms with E-state index in [1.165, 1.54) is 36.0 Å². The third-order valence-corrected chi connectivity index (χ3v) is 5.47. The van der Waals surface area contributed by atoms with Gasteiger partial charge in [0, 0.05) is 24.4 Å². The smallest absolute Gasteiger partial charge is 0.269 e. The van der Waals surface area contributed by atoms with Gasteiger partial charge in [-0.15, -0.1) is 10.2 Å². The van der Waals surface area contributed by atoms with Crippen molar-refractivity contribution in [1.82, 2.24) is 14.8 Å². The molecule has 1 heterocycles. The van der Waals surface area contributed by atoms with E-state index in [-0.39, 0.29) is 24.0 Å². The third kappa shape index (κ3) is 5.82. The Balaban J connectivity index is 1.58. The number of ether oxygens (including phenoxy) is 1. The zero-order chi connectivity index (χ0) is 22.4. The first kappa shape index (κ1) is 22.3. The van der Waals surface area contributed by atoms with Gasteiger partial charge < -0.3 is 14.6 Å². The minimum atomic E-state index is -0.486. The van der Waals surface area contributed by atoms with E-state index in [9.17, 15) is 14.9 Å². The van der Waals surface area contributed by atoms with E-state index in [1.54, 1.807) is 0 Å². The summed E-state index contributed by atoms with van der Waals surface area (Å²) in [5.74, 6) is 1.38. The van der Waals surface area contributed by atoms with Crippen molar-refractivity contribution in [1.29, 1.82) is 0 Å². The van der Waals surface area contributed by atoms with E-state index in [0.717, 1.165) is 16.9 Å². The average molecular weight is 442 g/mol. The second kappa shape index (κ2) is 10.1. The summed E-state index contributed by atoms with van der Waals surface area (Å²) in [7, 11) is 0. The molecule has 3 aromatic rings. The van der Waals surface area contributed by atoms with E-state index >= 15 is 0 Å². The van der Waals surface area contributed by atoms with Gasteiger partial charge in [-0.3, -0.25) is 14.9 Å². The summed E-state index contributed by atoms with van der Waals surface area (Å²) in [4.78, 5) is 22.5. The molecule has 0 aliphatic carbocycles. The number of aromatic nitrogens is 3. The molecular weight excluding hydrogens is 418 g/mol. The van der Waals surface area contributed by atoms with Crippen molar-refractivity contribution in [2.75, 3.05) is 11.1 Å². The first-order valence-electron chi connectivity index (χ1n) is 9.66. The lowest BCUT2D eigenvalue weighted by Crippen LogP contribution is -2.15. The number of aryl methyl sites for hydroxylation is 2. The van der Waals surface area contributed by atoms with Crippen molar-refractivity contribution in [2.45, 2.75) is 39.1 Å². The lowest BCUT2D eigenvalue weighted by atomic mass is 10.1. The number of carbonyl (C=O) groups is 1. The number of thioether (sulfide) groups is 1. The van der Waals surface area contributed by atoms with Gasteiger partial charge in [-0.2, -0.15) is 0 Å². The van der Waals surface area contributed by atoms with Crippen LogP contribution in [0.1, 0.15) is 23.9 Å². The minimum absolute atomic E-state index is 0.0287. The standard InChI is InChI=1S/C21H23N5O4S/c1-4-25-19(12-30-18-11-14(2)5-6-15(18)3)23-24-21(25)31-13-20(27)22-16-7-9-17(10-8-16)26(28)29/h5-11H,4,12-13H2,1-3H3,(H,22,27). The average Bonchev–Trinajstić information content (AvgIpc) is 3.15. The lowest BCUT2D eigenvalue weighted by molar-refractivity contribution is -0.384. The highest BCUT2D eigenvalue weighted by Gasteiger charge is 2.14. The Bertz CT molecular complexity index is 1080. The van der Waals surface area contributed by atoms with E-state index in [2.05, 4.69) is 15.5 Å². The quantitative estimate of drug-likeness (QED) is 0.302. The number of nitrogens with zero attached hydrogens (tertiary/aromatic N) is 4. The normalized spacial score (nSPS) is 10.7. The summed E-state index contributed by atoms with van der Waals surface area (Å²) in [6.45, 7) is 6.90. The lowest BCUT2D eigenvalue weighted by Gasteiger charge is -2.11. The second-order valence-electron chi connectivity index (χ2n) is 6.84. The van der Waals surface area contributed by atoms with Crippen molar-refractivity contribution in [2.24, 2.45) is 0 Å². The summed E-state index contributed by atoms with van der Waals surface area (Å²) in [5.41, 5.74) is 2.63. The van der Waals surface area contributed by atoms with Crippen LogP contribution in [0.5, 0.6) is 5.75 Å². The summed E-state index contributed by atoms with van der Waals surface area (Å²) in [6, 6.07) is 11.7. The number of non-ortho nitro benzene ring substituents is 1. The molecule has 0 spiro atoms. The minimum Gasteiger partial charge on any atom is -0.485 e. The first-order chi connectivity index (χ1) is 14.9. The molecule has 0 aliphatic heterocycles. The molecule has 1 aromatic heterocycles. The van der Waals surface area contributed by atoms with Gasteiger partial charge >= 0.3 is 0 Å². The summed E-state index contributed by atoms with van der Waals surface area (Å²) in [5, 5.41) is 22.5. The Kier molecular flexibility index (Phi) is 7.24. The van der Waals surface area contributed by atoms with Crippen LogP contribution in [-0.2, 0) is 17.9 Å². The Hall–Kier alpha value is -3.40. The highest BCUT2D eigenvalue weighted by molar-refractivity contribution is 7.99. The highest BCUT2D eigenvalue weighted by atomic mass is 32.2. The van der Waals surface area contributed by atoms with Gasteiger partial charge in [0.25, 0.3) is 5.69 Å². The third-order valence-electron chi connectivity index (χ3n) is 4.50. The largest absolute Gasteiger partial charge is 0.485 e. The molecule has 0 aliphatic rings. The van der Waals surface area contributed by atoms with Crippen LogP contribution in [0.3, 0.4) is 0 Å². The number of nitro groups is 1. The number of hydrogen-bond acceptors (Lipinski definition) is 7. The number of anilines is 1. The van der Waals surface area contributed by atoms with E-state index < -0.39 is 4.92 Å². The molecular formula is C21H23N5O4S. The number of nitrogens with one attached hydrogen (secondary N) is 1. The topological polar surface area (TPSA) is 112 Å². The predicted octanol–water partition coefficient (Wildman–Crippen LogP) is 4.13. The van der Waals surface area contributed by atoms with Gasteiger partial charge in [0.2, 0.25) is 5.91 Å². The van der Waals surface area contributed by atoms with E-state index in [1.807, 2.05) is 43.5 Å². The van der Waals surface area contributed by atoms with Crippen molar-refractivity contribution < 1.29 is 14.5 Å². The summed E-state index contributed by atoms with van der Waals surface area (Å²) < 4.78 is 7.84. The van der Waals surface area contributed by atoms with Gasteiger partial charge in [0.1, 0.15) is 12.4 Å². The maximum atomic E-state index is 12.2. The van der Waals surface area contributed by atoms with Gasteiger partial charge in [-0.05, 0) is 50.1 Å². The van der Waals surface area contributed by atoms with Crippen LogP contribution in [0.4, 0.5) is 11.4 Å². The van der Waals surface area contributed by atoms with Gasteiger partial charge in [-0.1, -0.05) is 23.9 Å². The van der Waals surface area contributed by atoms with Gasteiger partial charge in [0.05, 0.1) is 10.7 Å². The number of nitro benzene ring substituents is 1. The first-order valence-corrected chi connectivity index (χ1v) is 10.6. The molecule has 9 nitrogen and oxygen atoms in total. The van der Waals surface area contributed by atoms with E-state index in [4.69, 9.17) is 4.74 Å². The number of hydrogen-bond donors (Lipinski definition) is 1. The molecule has 1 N–H and O–H groups in total. The number of rotatable bonds is 9. The SMILES string of the molecule is CCn1c(COc2cc(C)ccc2C)nnc1SCC(=O)Nc1ccc([N+](=O)[O-])cc1. The van der Waals surface area contributed by atoms with Crippen LogP contribution in [0.25, 0.3) is 0 Å². The molecule has 0 unspecified atom stereocenters. The number of amides is 1. The van der Waals surface area contributed by atoms with Crippen LogP contribution < -0.4 is 10.1 Å². The fraction of sp³-hybridized carbons (Fsp3) is 0.286. The Morgan fingerprint density at radius 3 is 2.61 bits per heavy atom. The molecule has 0 fully saturated rings. The number of benzene rings is 2. The van der Waals surface area contributed by atoms with Crippen molar-refractivity contribution >= 4 is 29.0 Å². The second-order valence-corrected chi connectivity index (χ2v) is 7.78. The molecule has 1 amide bonds. The van der Waals surface area contributed by atoms with Crippen LogP contribution >= 0.6 is 11.8 Å². The zero-order valence-corrected chi connectivity index (χ0v) is 18.3. The molecule has 31 heavy (non-hydrogen) atoms.